The van der Waals surface area contributed by atoms with Crippen molar-refractivity contribution in [2.24, 2.45) is 0 Å². The van der Waals surface area contributed by atoms with E-state index in [1.165, 1.54) is 0 Å². The largest absolute Gasteiger partial charge is 0.491 e. The average Bonchev–Trinajstić information content (AvgIpc) is 3.72. The minimum atomic E-state index is -0.339. The van der Waals surface area contributed by atoms with Gasteiger partial charge in [-0.25, -0.2) is 0 Å². The number of nitrogens with zero attached hydrogens (tertiary/aromatic N) is 12. The molecule has 0 bridgehead atoms. The normalized spacial score (nSPS) is 11.1. The molecular weight excluding hydrogens is 1100 g/mol. The fraction of sp³-hybridized carbons (Fsp3) is 0.492. The Morgan fingerprint density at radius 1 is 0.318 bits per heavy atom. The summed E-state index contributed by atoms with van der Waals surface area (Å²) in [5, 5.41) is 101. The number of aliphatic hydroxyl groups is 10. The topological polar surface area (TPSA) is 336 Å². The van der Waals surface area contributed by atoms with Crippen LogP contribution in [0.5, 0.6) is 23.0 Å². The highest BCUT2D eigenvalue weighted by Gasteiger charge is 2.26. The van der Waals surface area contributed by atoms with Gasteiger partial charge in [0.05, 0.1) is 66.1 Å². The summed E-state index contributed by atoms with van der Waals surface area (Å²) in [7, 11) is 0. The molecule has 0 unspecified atom stereocenters. The van der Waals surface area contributed by atoms with E-state index < -0.39 is 0 Å². The quantitative estimate of drug-likeness (QED) is 0.0257. The number of aromatic nitrogens is 6. The number of unbranched alkanes of at least 4 members (excludes halogenated alkanes) is 1. The lowest BCUT2D eigenvalue weighted by Crippen LogP contribution is -2.35. The highest BCUT2D eigenvalue weighted by atomic mass is 16.5. The maximum Gasteiger partial charge on any atom is 0.232 e. The predicted octanol–water partition coefficient (Wildman–Crippen LogP) is 1.13. The highest BCUT2D eigenvalue weighted by Crippen LogP contribution is 2.31. The van der Waals surface area contributed by atoms with Gasteiger partial charge < -0.3 is 99.4 Å². The van der Waals surface area contributed by atoms with Crippen molar-refractivity contribution in [1.29, 1.82) is 0 Å². The molecule has 6 rings (SSSR count). The minimum Gasteiger partial charge on any atom is -0.491 e. The summed E-state index contributed by atoms with van der Waals surface area (Å²) in [6.45, 7) is 1.71. The molecule has 0 aliphatic rings. The van der Waals surface area contributed by atoms with Gasteiger partial charge in [0.1, 0.15) is 49.4 Å². The summed E-state index contributed by atoms with van der Waals surface area (Å²) in [5.74, 6) is 3.15. The van der Waals surface area contributed by atoms with Crippen molar-refractivity contribution < 1.29 is 70.0 Å². The van der Waals surface area contributed by atoms with Crippen molar-refractivity contribution in [3.63, 3.8) is 0 Å². The van der Waals surface area contributed by atoms with Gasteiger partial charge in [-0.05, 0) is 47.9 Å². The van der Waals surface area contributed by atoms with Crippen molar-refractivity contribution in [3.05, 3.63) is 119 Å². The summed E-state index contributed by atoms with van der Waals surface area (Å²) < 4.78 is 23.8. The van der Waals surface area contributed by atoms with Crippen LogP contribution < -0.4 is 48.3 Å². The molecular formula is C59H84N12O14. The number of para-hydroxylation sites is 2. The zero-order chi connectivity index (χ0) is 60.6. The lowest BCUT2D eigenvalue weighted by molar-refractivity contribution is 0.200. The van der Waals surface area contributed by atoms with Crippen molar-refractivity contribution in [2.45, 2.75) is 52.5 Å². The molecule has 0 atom stereocenters. The van der Waals surface area contributed by atoms with Crippen LogP contribution >= 0.6 is 0 Å². The van der Waals surface area contributed by atoms with Gasteiger partial charge in [-0.2, -0.15) is 29.9 Å². The molecule has 0 radical (unpaired) electrons. The molecule has 4 aromatic carbocycles. The Morgan fingerprint density at radius 2 is 0.659 bits per heavy atom. The van der Waals surface area contributed by atoms with E-state index in [4.69, 9.17) is 48.9 Å². The predicted molar refractivity (Wildman–Crippen MR) is 321 cm³/mol. The molecule has 0 aliphatic carbocycles. The van der Waals surface area contributed by atoms with E-state index in [0.717, 1.165) is 24.0 Å². The summed E-state index contributed by atoms with van der Waals surface area (Å²) in [5.41, 5.74) is 3.62. The molecule has 0 spiro atoms. The van der Waals surface area contributed by atoms with Crippen LogP contribution in [0.1, 0.15) is 47.6 Å². The first-order valence-electron chi connectivity index (χ1n) is 28.6. The van der Waals surface area contributed by atoms with Crippen molar-refractivity contribution in [3.8, 4) is 23.0 Å². The van der Waals surface area contributed by atoms with E-state index in [-0.39, 0.29) is 194 Å². The Bertz CT molecular complexity index is 2760. The Balaban J connectivity index is 1.47. The van der Waals surface area contributed by atoms with Crippen LogP contribution in [0.15, 0.2) is 91.0 Å². The molecule has 0 saturated carbocycles. The fourth-order valence-electron chi connectivity index (χ4n) is 9.07. The lowest BCUT2D eigenvalue weighted by Gasteiger charge is -2.30. The molecule has 0 aliphatic heterocycles. The maximum absolute atomic E-state index is 10.8. The molecule has 26 nitrogen and oxygen atoms in total. The van der Waals surface area contributed by atoms with Crippen LogP contribution in [0.4, 0.5) is 35.7 Å². The van der Waals surface area contributed by atoms with Gasteiger partial charge in [-0.15, -0.1) is 0 Å². The first-order chi connectivity index (χ1) is 41.6. The smallest absolute Gasteiger partial charge is 0.232 e. The first kappa shape index (κ1) is 66.6. The molecule has 0 saturated heterocycles. The van der Waals surface area contributed by atoms with Crippen LogP contribution in [0.2, 0.25) is 0 Å². The van der Waals surface area contributed by atoms with Gasteiger partial charge in [-0.1, -0.05) is 74.0 Å². The van der Waals surface area contributed by atoms with Gasteiger partial charge in [0.15, 0.2) is 0 Å². The Kier molecular flexibility index (Phi) is 29.0. The molecule has 0 amide bonds. The fourth-order valence-corrected chi connectivity index (χ4v) is 9.07. The molecule has 26 heteroatoms. The van der Waals surface area contributed by atoms with Gasteiger partial charge in [0, 0.05) is 95.2 Å². The average molecular weight is 1190 g/mol. The van der Waals surface area contributed by atoms with Crippen molar-refractivity contribution in [2.75, 3.05) is 168 Å². The van der Waals surface area contributed by atoms with Crippen LogP contribution in [0.3, 0.4) is 0 Å². The molecule has 10 N–H and O–H groups in total. The summed E-state index contributed by atoms with van der Waals surface area (Å²) in [6.07, 6.45) is 1.66. The lowest BCUT2D eigenvalue weighted by atomic mass is 10.1. The van der Waals surface area contributed by atoms with E-state index in [9.17, 15) is 51.1 Å². The minimum absolute atomic E-state index is 0.0105. The zero-order valence-electron chi connectivity index (χ0n) is 48.4. The van der Waals surface area contributed by atoms with Crippen molar-refractivity contribution in [1.82, 2.24) is 29.9 Å². The van der Waals surface area contributed by atoms with E-state index in [1.54, 1.807) is 43.9 Å². The standard InChI is InChI=1S/C59H84N12O14/c1-2-3-18-66(19-25-72)54-60-55(67(20-26-73)21-27-74)62-59(61-54)71(40-45-13-16-50(17-14-45)82-35-31-78)41-46-12-15-49(53(39-46)85-38-34-81)44-70(24-30-77)58-64-56(68(22-28-75)42-47-8-4-6-10-51(47)83-36-32-79)63-57(65-58)69(23-29-76)43-48-9-5-7-11-52(48)84-37-33-80/h4-17,39,72-81H,2-3,18-38,40-44H2,1H3. The Morgan fingerprint density at radius 3 is 1.08 bits per heavy atom. The van der Waals surface area contributed by atoms with Gasteiger partial charge in [-0.3, -0.25) is 0 Å². The van der Waals surface area contributed by atoms with Crippen LogP contribution in [-0.2, 0) is 32.7 Å². The third-order valence-electron chi connectivity index (χ3n) is 13.1. The number of anilines is 6. The number of ether oxygens (including phenoxy) is 4. The first-order valence-corrected chi connectivity index (χ1v) is 28.6. The number of hydrogen-bond donors (Lipinski definition) is 10. The van der Waals surface area contributed by atoms with Gasteiger partial charge in [0.25, 0.3) is 0 Å². The van der Waals surface area contributed by atoms with E-state index >= 15 is 0 Å². The zero-order valence-corrected chi connectivity index (χ0v) is 48.4. The second-order valence-electron chi connectivity index (χ2n) is 19.4. The van der Waals surface area contributed by atoms with E-state index in [2.05, 4.69) is 6.92 Å². The number of hydrogen-bond acceptors (Lipinski definition) is 26. The van der Waals surface area contributed by atoms with Crippen LogP contribution in [0.25, 0.3) is 0 Å². The number of benzene rings is 4. The number of aliphatic hydroxyl groups excluding tert-OH is 10. The molecule has 85 heavy (non-hydrogen) atoms. The third kappa shape index (κ3) is 20.6. The number of rotatable bonds is 43. The second kappa shape index (κ2) is 37.0. The molecule has 0 fully saturated rings. The molecule has 2 aromatic heterocycles. The van der Waals surface area contributed by atoms with Crippen LogP contribution in [-0.4, -0.2) is 219 Å². The second-order valence-corrected chi connectivity index (χ2v) is 19.4. The monoisotopic (exact) mass is 1180 g/mol. The Hall–Kier alpha value is -7.50. The van der Waals surface area contributed by atoms with E-state index in [1.807, 2.05) is 76.5 Å². The van der Waals surface area contributed by atoms with Crippen molar-refractivity contribution >= 4 is 35.7 Å². The van der Waals surface area contributed by atoms with Gasteiger partial charge >= 0.3 is 0 Å². The Labute approximate surface area is 496 Å². The SMILES string of the molecule is CCCCN(CCO)c1nc(N(CCO)CCO)nc(N(Cc2ccc(OCCO)cc2)Cc2ccc(CN(CCO)c3nc(N(CCO)Cc4ccccc4OCCO)nc(N(CCO)Cc4ccccc4OCCO)n3)c(OCCO)c2)n1. The van der Waals surface area contributed by atoms with Gasteiger partial charge in [0.2, 0.25) is 35.7 Å². The van der Waals surface area contributed by atoms with Crippen LogP contribution in [0, 0.1) is 0 Å². The third-order valence-corrected chi connectivity index (χ3v) is 13.1. The van der Waals surface area contributed by atoms with E-state index in [0.29, 0.717) is 52.2 Å². The summed E-state index contributed by atoms with van der Waals surface area (Å²) >= 11 is 0. The summed E-state index contributed by atoms with van der Waals surface area (Å²) in [4.78, 5) is 40.5. The molecule has 6 aromatic rings. The molecule has 464 valence electrons. The highest BCUT2D eigenvalue weighted by molar-refractivity contribution is 5.52. The summed E-state index contributed by atoms with van der Waals surface area (Å²) in [6, 6.07) is 27.6. The molecule has 2 heterocycles. The maximum atomic E-state index is 10.8.